The summed E-state index contributed by atoms with van der Waals surface area (Å²) >= 11 is 4.83. The fourth-order valence-corrected chi connectivity index (χ4v) is 3.47. The number of benzene rings is 1. The fraction of sp³-hybridized carbons (Fsp3) is 0.267. The monoisotopic (exact) mass is 370 g/mol. The molecule has 2 aromatic rings. The Morgan fingerprint density at radius 1 is 1.10 bits per heavy atom. The number of methoxy groups -OCH3 is 3. The van der Waals surface area contributed by atoms with Crippen molar-refractivity contribution in [3.8, 4) is 17.2 Å². The Labute approximate surface area is 135 Å². The summed E-state index contributed by atoms with van der Waals surface area (Å²) in [6.45, 7) is 1.95. The number of carbonyl (C=O) groups excluding carboxylic acids is 1. The number of hydrogen-bond donors (Lipinski definition) is 0. The maximum absolute atomic E-state index is 12.7. The van der Waals surface area contributed by atoms with E-state index in [1.165, 1.54) is 25.6 Å². The number of hydrogen-bond acceptors (Lipinski definition) is 5. The second kappa shape index (κ2) is 6.49. The maximum Gasteiger partial charge on any atom is 0.206 e. The first kappa shape index (κ1) is 15.9. The van der Waals surface area contributed by atoms with E-state index in [-0.39, 0.29) is 5.78 Å². The summed E-state index contributed by atoms with van der Waals surface area (Å²) in [6.07, 6.45) is 0. The average Bonchev–Trinajstić information content (AvgIpc) is 2.84. The molecule has 2 rings (SSSR count). The molecule has 112 valence electrons. The number of rotatable bonds is 5. The van der Waals surface area contributed by atoms with Crippen LogP contribution in [0.3, 0.4) is 0 Å². The van der Waals surface area contributed by atoms with Gasteiger partial charge in [-0.05, 0) is 46.6 Å². The van der Waals surface area contributed by atoms with Crippen LogP contribution in [0.25, 0.3) is 0 Å². The number of carbonyl (C=O) groups is 1. The molecule has 0 aliphatic rings. The predicted molar refractivity (Wildman–Crippen MR) is 86.3 cm³/mol. The van der Waals surface area contributed by atoms with E-state index in [1.807, 2.05) is 13.0 Å². The van der Waals surface area contributed by atoms with Gasteiger partial charge in [0.2, 0.25) is 11.5 Å². The molecule has 0 N–H and O–H groups in total. The van der Waals surface area contributed by atoms with Gasteiger partial charge in [-0.25, -0.2) is 0 Å². The minimum atomic E-state index is -0.105. The van der Waals surface area contributed by atoms with E-state index in [4.69, 9.17) is 14.2 Å². The summed E-state index contributed by atoms with van der Waals surface area (Å²) in [4.78, 5) is 13.3. The zero-order valence-corrected chi connectivity index (χ0v) is 14.6. The van der Waals surface area contributed by atoms with Crippen LogP contribution in [-0.4, -0.2) is 27.1 Å². The van der Waals surface area contributed by atoms with Crippen molar-refractivity contribution in [2.45, 2.75) is 6.92 Å². The van der Waals surface area contributed by atoms with Gasteiger partial charge >= 0.3 is 0 Å². The Morgan fingerprint density at radius 3 is 2.24 bits per heavy atom. The maximum atomic E-state index is 12.7. The molecule has 0 spiro atoms. The van der Waals surface area contributed by atoms with Crippen LogP contribution in [0.4, 0.5) is 0 Å². The van der Waals surface area contributed by atoms with Crippen LogP contribution in [0.1, 0.15) is 20.8 Å². The van der Waals surface area contributed by atoms with Gasteiger partial charge in [0.1, 0.15) is 0 Å². The standard InChI is InChI=1S/C15H15BrO4S/c1-8-7-11(21-15(8)16)12(17)9-5-6-10(18-2)14(20-4)13(9)19-3/h5-7H,1-4H3. The van der Waals surface area contributed by atoms with Crippen LogP contribution in [0.5, 0.6) is 17.2 Å². The van der Waals surface area contributed by atoms with E-state index in [0.29, 0.717) is 27.7 Å². The van der Waals surface area contributed by atoms with Gasteiger partial charge in [-0.3, -0.25) is 4.79 Å². The largest absolute Gasteiger partial charge is 0.493 e. The minimum absolute atomic E-state index is 0.105. The molecule has 0 fully saturated rings. The lowest BCUT2D eigenvalue weighted by Gasteiger charge is -2.14. The van der Waals surface area contributed by atoms with Crippen molar-refractivity contribution >= 4 is 33.0 Å². The SMILES string of the molecule is COc1ccc(C(=O)c2cc(C)c(Br)s2)c(OC)c1OC. The number of halogens is 1. The van der Waals surface area contributed by atoms with E-state index in [1.54, 1.807) is 19.2 Å². The molecule has 6 heteroatoms. The molecule has 0 amide bonds. The number of ketones is 1. The number of ether oxygens (including phenoxy) is 3. The highest BCUT2D eigenvalue weighted by molar-refractivity contribution is 9.11. The van der Waals surface area contributed by atoms with E-state index in [0.717, 1.165) is 9.35 Å². The van der Waals surface area contributed by atoms with Crippen LogP contribution in [0.15, 0.2) is 22.0 Å². The van der Waals surface area contributed by atoms with Crippen molar-refractivity contribution in [2.24, 2.45) is 0 Å². The highest BCUT2D eigenvalue weighted by Crippen LogP contribution is 2.41. The Balaban J connectivity index is 2.55. The minimum Gasteiger partial charge on any atom is -0.493 e. The van der Waals surface area contributed by atoms with Gasteiger partial charge in [-0.1, -0.05) is 0 Å². The van der Waals surface area contributed by atoms with Gasteiger partial charge < -0.3 is 14.2 Å². The molecular formula is C15H15BrO4S. The van der Waals surface area contributed by atoms with Crippen molar-refractivity contribution < 1.29 is 19.0 Å². The van der Waals surface area contributed by atoms with Crippen LogP contribution in [0.2, 0.25) is 0 Å². The lowest BCUT2D eigenvalue weighted by molar-refractivity contribution is 0.103. The zero-order valence-electron chi connectivity index (χ0n) is 12.2. The zero-order chi connectivity index (χ0) is 15.6. The molecule has 4 nitrogen and oxygen atoms in total. The van der Waals surface area contributed by atoms with Crippen molar-refractivity contribution in [2.75, 3.05) is 21.3 Å². The van der Waals surface area contributed by atoms with Crippen LogP contribution in [0, 0.1) is 6.92 Å². The topological polar surface area (TPSA) is 44.8 Å². The molecule has 1 heterocycles. The van der Waals surface area contributed by atoms with Crippen molar-refractivity contribution in [3.63, 3.8) is 0 Å². The Hall–Kier alpha value is -1.53. The molecule has 21 heavy (non-hydrogen) atoms. The summed E-state index contributed by atoms with van der Waals surface area (Å²) in [5.41, 5.74) is 1.48. The molecule has 0 saturated heterocycles. The van der Waals surface area contributed by atoms with Crippen molar-refractivity contribution in [1.29, 1.82) is 0 Å². The average molecular weight is 371 g/mol. The fourth-order valence-electron chi connectivity index (χ4n) is 1.98. The van der Waals surface area contributed by atoms with Crippen molar-refractivity contribution in [3.05, 3.63) is 38.0 Å². The Morgan fingerprint density at radius 2 is 1.76 bits per heavy atom. The first-order valence-corrected chi connectivity index (χ1v) is 7.74. The molecule has 0 saturated carbocycles. The molecule has 0 aliphatic heterocycles. The summed E-state index contributed by atoms with van der Waals surface area (Å²) in [6, 6.07) is 5.24. The van der Waals surface area contributed by atoms with Crippen LogP contribution >= 0.6 is 27.3 Å². The Bertz CT molecular complexity index is 659. The summed E-state index contributed by atoms with van der Waals surface area (Å²) in [5.74, 6) is 1.21. The van der Waals surface area contributed by atoms with E-state index >= 15 is 0 Å². The highest BCUT2D eigenvalue weighted by atomic mass is 79.9. The third kappa shape index (κ3) is 2.91. The predicted octanol–water partition coefficient (Wildman–Crippen LogP) is 4.08. The van der Waals surface area contributed by atoms with E-state index in [9.17, 15) is 4.79 Å². The molecule has 0 radical (unpaired) electrons. The van der Waals surface area contributed by atoms with Crippen LogP contribution < -0.4 is 14.2 Å². The third-order valence-electron chi connectivity index (χ3n) is 3.03. The number of thiophene rings is 1. The summed E-state index contributed by atoms with van der Waals surface area (Å²) in [5, 5.41) is 0. The van der Waals surface area contributed by atoms with Crippen molar-refractivity contribution in [1.82, 2.24) is 0 Å². The third-order valence-corrected chi connectivity index (χ3v) is 5.17. The first-order chi connectivity index (χ1) is 10.0. The molecule has 0 unspecified atom stereocenters. The molecule has 1 aromatic carbocycles. The summed E-state index contributed by atoms with van der Waals surface area (Å²) in [7, 11) is 4.56. The number of aryl methyl sites for hydroxylation is 1. The molecule has 1 aromatic heterocycles. The lowest BCUT2D eigenvalue weighted by Crippen LogP contribution is -2.05. The van der Waals surface area contributed by atoms with E-state index in [2.05, 4.69) is 15.9 Å². The van der Waals surface area contributed by atoms with Gasteiger partial charge in [-0.2, -0.15) is 0 Å². The van der Waals surface area contributed by atoms with Gasteiger partial charge in [0, 0.05) is 0 Å². The van der Waals surface area contributed by atoms with Gasteiger partial charge in [-0.15, -0.1) is 11.3 Å². The summed E-state index contributed by atoms with van der Waals surface area (Å²) < 4.78 is 16.8. The quantitative estimate of drug-likeness (QED) is 0.743. The van der Waals surface area contributed by atoms with E-state index < -0.39 is 0 Å². The molecule has 0 bridgehead atoms. The molecule has 0 atom stereocenters. The van der Waals surface area contributed by atoms with Crippen LogP contribution in [-0.2, 0) is 0 Å². The smallest absolute Gasteiger partial charge is 0.206 e. The molecular weight excluding hydrogens is 356 g/mol. The Kier molecular flexibility index (Phi) is 4.90. The second-order valence-electron chi connectivity index (χ2n) is 4.28. The van der Waals surface area contributed by atoms with Gasteiger partial charge in [0.25, 0.3) is 0 Å². The second-order valence-corrected chi connectivity index (χ2v) is 6.65. The normalized spacial score (nSPS) is 10.3. The highest BCUT2D eigenvalue weighted by Gasteiger charge is 2.23. The lowest BCUT2D eigenvalue weighted by atomic mass is 10.1. The first-order valence-electron chi connectivity index (χ1n) is 6.13. The van der Waals surface area contributed by atoms with Gasteiger partial charge in [0.15, 0.2) is 11.5 Å². The molecule has 0 aliphatic carbocycles. The van der Waals surface area contributed by atoms with Gasteiger partial charge in [0.05, 0.1) is 35.6 Å².